The van der Waals surface area contributed by atoms with Gasteiger partial charge < -0.3 is 10.1 Å². The average Bonchev–Trinajstić information content (AvgIpc) is 3.02. The van der Waals surface area contributed by atoms with Crippen molar-refractivity contribution >= 4 is 17.5 Å². The van der Waals surface area contributed by atoms with Crippen molar-refractivity contribution in [2.75, 3.05) is 32.8 Å². The number of carbonyl (C=O) groups is 1. The third kappa shape index (κ3) is 3.95. The lowest BCUT2D eigenvalue weighted by Gasteiger charge is -2.35. The number of amides is 1. The van der Waals surface area contributed by atoms with Gasteiger partial charge in [-0.05, 0) is 24.6 Å². The number of nitrogens with one attached hydrogen (secondary N) is 2. The van der Waals surface area contributed by atoms with Crippen LogP contribution >= 0.6 is 11.6 Å². The summed E-state index contributed by atoms with van der Waals surface area (Å²) in [6.07, 6.45) is 1.55. The molecule has 1 aliphatic rings. The van der Waals surface area contributed by atoms with E-state index in [4.69, 9.17) is 16.3 Å². The number of nitrogens with zero attached hydrogens (tertiary/aromatic N) is 2. The zero-order valence-corrected chi connectivity index (χ0v) is 14.3. The predicted molar refractivity (Wildman–Crippen MR) is 92.2 cm³/mol. The molecule has 1 atom stereocenters. The van der Waals surface area contributed by atoms with Gasteiger partial charge in [0.05, 0.1) is 31.0 Å². The second-order valence-corrected chi connectivity index (χ2v) is 6.27. The maximum atomic E-state index is 12.4. The Kier molecular flexibility index (Phi) is 5.50. The average molecular weight is 349 g/mol. The first-order valence-electron chi connectivity index (χ1n) is 8.00. The first kappa shape index (κ1) is 17.0. The standard InChI is InChI=1S/C17H21ClN4O2/c1-12-15(10-20-21-12)17(23)19-11-16(22-5-7-24-8-6-22)13-3-2-4-14(18)9-13/h2-4,9-10,16H,5-8,11H2,1H3,(H,19,23)(H,20,21). The van der Waals surface area contributed by atoms with Gasteiger partial charge in [-0.3, -0.25) is 14.8 Å². The topological polar surface area (TPSA) is 70.2 Å². The molecule has 3 rings (SSSR count). The van der Waals surface area contributed by atoms with E-state index in [9.17, 15) is 4.79 Å². The van der Waals surface area contributed by atoms with Gasteiger partial charge in [0.15, 0.2) is 0 Å². The van der Waals surface area contributed by atoms with E-state index in [0.717, 1.165) is 24.3 Å². The Morgan fingerprint density at radius 2 is 2.25 bits per heavy atom. The van der Waals surface area contributed by atoms with E-state index < -0.39 is 0 Å². The number of hydrogen-bond acceptors (Lipinski definition) is 4. The van der Waals surface area contributed by atoms with Crippen molar-refractivity contribution in [3.05, 3.63) is 52.3 Å². The molecule has 1 saturated heterocycles. The van der Waals surface area contributed by atoms with Crippen LogP contribution in [0.25, 0.3) is 0 Å². The summed E-state index contributed by atoms with van der Waals surface area (Å²) in [4.78, 5) is 14.7. The Balaban J connectivity index is 1.74. The molecule has 1 fully saturated rings. The molecule has 1 aliphatic heterocycles. The van der Waals surface area contributed by atoms with Crippen LogP contribution in [0, 0.1) is 6.92 Å². The minimum Gasteiger partial charge on any atom is -0.379 e. The van der Waals surface area contributed by atoms with Crippen LogP contribution < -0.4 is 5.32 Å². The summed E-state index contributed by atoms with van der Waals surface area (Å²) in [5.41, 5.74) is 2.42. The Hall–Kier alpha value is -1.89. The number of halogens is 1. The molecule has 128 valence electrons. The van der Waals surface area contributed by atoms with E-state index in [1.54, 1.807) is 6.20 Å². The molecule has 1 unspecified atom stereocenters. The largest absolute Gasteiger partial charge is 0.379 e. The molecule has 6 nitrogen and oxygen atoms in total. The van der Waals surface area contributed by atoms with Crippen LogP contribution in [0.3, 0.4) is 0 Å². The molecule has 0 aliphatic carbocycles. The zero-order valence-electron chi connectivity index (χ0n) is 13.6. The van der Waals surface area contributed by atoms with E-state index in [-0.39, 0.29) is 11.9 Å². The number of aryl methyl sites for hydroxylation is 1. The lowest BCUT2D eigenvalue weighted by atomic mass is 10.0. The van der Waals surface area contributed by atoms with Crippen molar-refractivity contribution < 1.29 is 9.53 Å². The van der Waals surface area contributed by atoms with E-state index in [1.165, 1.54) is 0 Å². The SMILES string of the molecule is Cc1[nH]ncc1C(=O)NCC(c1cccc(Cl)c1)N1CCOCC1. The number of carbonyl (C=O) groups excluding carboxylic acids is 1. The van der Waals surface area contributed by atoms with Gasteiger partial charge in [0.25, 0.3) is 5.91 Å². The molecule has 2 N–H and O–H groups in total. The highest BCUT2D eigenvalue weighted by Crippen LogP contribution is 2.24. The van der Waals surface area contributed by atoms with Crippen molar-refractivity contribution in [2.24, 2.45) is 0 Å². The molecule has 1 aromatic heterocycles. The molecule has 24 heavy (non-hydrogen) atoms. The molecular formula is C17H21ClN4O2. The number of aromatic nitrogens is 2. The fraction of sp³-hybridized carbons (Fsp3) is 0.412. The number of benzene rings is 1. The quantitative estimate of drug-likeness (QED) is 0.868. The molecule has 1 aromatic carbocycles. The number of aromatic amines is 1. The third-order valence-electron chi connectivity index (χ3n) is 4.25. The summed E-state index contributed by atoms with van der Waals surface area (Å²) in [6.45, 7) is 5.40. The minimum absolute atomic E-state index is 0.0590. The van der Waals surface area contributed by atoms with Gasteiger partial charge in [-0.1, -0.05) is 23.7 Å². The Labute approximate surface area is 146 Å². The Bertz CT molecular complexity index is 697. The predicted octanol–water partition coefficient (Wildman–Crippen LogP) is 2.17. The first-order chi connectivity index (χ1) is 11.6. The monoisotopic (exact) mass is 348 g/mol. The van der Waals surface area contributed by atoms with Crippen molar-refractivity contribution in [1.82, 2.24) is 20.4 Å². The van der Waals surface area contributed by atoms with Crippen LogP contribution in [0.5, 0.6) is 0 Å². The summed E-state index contributed by atoms with van der Waals surface area (Å²) in [7, 11) is 0. The van der Waals surface area contributed by atoms with Crippen LogP contribution in [0.15, 0.2) is 30.5 Å². The van der Waals surface area contributed by atoms with Crippen molar-refractivity contribution in [3.63, 3.8) is 0 Å². The number of rotatable bonds is 5. The number of ether oxygens (including phenoxy) is 1. The van der Waals surface area contributed by atoms with E-state index >= 15 is 0 Å². The molecule has 0 spiro atoms. The second kappa shape index (κ2) is 7.79. The van der Waals surface area contributed by atoms with Crippen molar-refractivity contribution in [2.45, 2.75) is 13.0 Å². The molecule has 2 heterocycles. The van der Waals surface area contributed by atoms with Crippen LogP contribution in [-0.2, 0) is 4.74 Å². The van der Waals surface area contributed by atoms with Gasteiger partial charge in [-0.15, -0.1) is 0 Å². The zero-order chi connectivity index (χ0) is 16.9. The van der Waals surface area contributed by atoms with Crippen LogP contribution in [0.4, 0.5) is 0 Å². The van der Waals surface area contributed by atoms with Gasteiger partial charge in [0, 0.05) is 30.4 Å². The highest BCUT2D eigenvalue weighted by Gasteiger charge is 2.24. The van der Waals surface area contributed by atoms with Gasteiger partial charge in [-0.2, -0.15) is 5.10 Å². The Morgan fingerprint density at radius 1 is 1.46 bits per heavy atom. The van der Waals surface area contributed by atoms with E-state index in [1.807, 2.05) is 31.2 Å². The second-order valence-electron chi connectivity index (χ2n) is 5.84. The van der Waals surface area contributed by atoms with Crippen LogP contribution in [-0.4, -0.2) is 53.9 Å². The fourth-order valence-corrected chi connectivity index (χ4v) is 3.12. The molecule has 1 amide bonds. The van der Waals surface area contributed by atoms with Crippen LogP contribution in [0.1, 0.15) is 27.7 Å². The third-order valence-corrected chi connectivity index (χ3v) is 4.49. The number of hydrogen-bond donors (Lipinski definition) is 2. The lowest BCUT2D eigenvalue weighted by molar-refractivity contribution is 0.0162. The minimum atomic E-state index is -0.124. The lowest BCUT2D eigenvalue weighted by Crippen LogP contribution is -2.43. The number of morpholine rings is 1. The number of H-pyrrole nitrogens is 1. The molecular weight excluding hydrogens is 328 g/mol. The van der Waals surface area contributed by atoms with Gasteiger partial charge in [0.1, 0.15) is 0 Å². The maximum absolute atomic E-state index is 12.4. The Morgan fingerprint density at radius 3 is 2.92 bits per heavy atom. The fourth-order valence-electron chi connectivity index (χ4n) is 2.92. The molecule has 0 radical (unpaired) electrons. The van der Waals surface area contributed by atoms with E-state index in [0.29, 0.717) is 30.3 Å². The van der Waals surface area contributed by atoms with Crippen molar-refractivity contribution in [3.8, 4) is 0 Å². The van der Waals surface area contributed by atoms with E-state index in [2.05, 4.69) is 20.4 Å². The summed E-state index contributed by atoms with van der Waals surface area (Å²) in [5.74, 6) is -0.124. The normalized spacial score (nSPS) is 16.8. The molecule has 0 saturated carbocycles. The van der Waals surface area contributed by atoms with Crippen molar-refractivity contribution in [1.29, 1.82) is 0 Å². The highest BCUT2D eigenvalue weighted by molar-refractivity contribution is 6.30. The summed E-state index contributed by atoms with van der Waals surface area (Å²) in [5, 5.41) is 10.4. The first-order valence-corrected chi connectivity index (χ1v) is 8.38. The maximum Gasteiger partial charge on any atom is 0.254 e. The summed E-state index contributed by atoms with van der Waals surface area (Å²) < 4.78 is 5.44. The van der Waals surface area contributed by atoms with Gasteiger partial charge in [-0.25, -0.2) is 0 Å². The van der Waals surface area contributed by atoms with Crippen LogP contribution in [0.2, 0.25) is 5.02 Å². The smallest absolute Gasteiger partial charge is 0.254 e. The molecule has 7 heteroatoms. The summed E-state index contributed by atoms with van der Waals surface area (Å²) >= 11 is 6.15. The summed E-state index contributed by atoms with van der Waals surface area (Å²) in [6, 6.07) is 7.85. The van der Waals surface area contributed by atoms with Gasteiger partial charge in [0.2, 0.25) is 0 Å². The van der Waals surface area contributed by atoms with Gasteiger partial charge >= 0.3 is 0 Å². The molecule has 0 bridgehead atoms. The highest BCUT2D eigenvalue weighted by atomic mass is 35.5. The molecule has 2 aromatic rings.